The number of halogens is 1. The predicted octanol–water partition coefficient (Wildman–Crippen LogP) is 6.50. The topological polar surface area (TPSA) is 142 Å². The first-order valence-electron chi connectivity index (χ1n) is 18.3. The molecule has 0 spiro atoms. The molecule has 0 radical (unpaired) electrons. The van der Waals surface area contributed by atoms with Gasteiger partial charge < -0.3 is 1.43 Å². The fourth-order valence-corrected chi connectivity index (χ4v) is 36.4. The van der Waals surface area contributed by atoms with Crippen molar-refractivity contribution in [3.8, 4) is 0 Å². The summed E-state index contributed by atoms with van der Waals surface area (Å²) in [6.45, 7) is 13.8. The average molecular weight is 985 g/mol. The molecule has 0 atom stereocenters. The number of hydrogen-bond acceptors (Lipinski definition) is 11. The number of nitrogens with zero attached hydrogens (tertiary/aromatic N) is 4. The van der Waals surface area contributed by atoms with Crippen molar-refractivity contribution >= 4 is 87.8 Å². The maximum absolute atomic E-state index is 9.40. The van der Waals surface area contributed by atoms with Crippen molar-refractivity contribution in [3.63, 3.8) is 0 Å². The van der Waals surface area contributed by atoms with Crippen molar-refractivity contribution in [1.82, 2.24) is 19.9 Å². The summed E-state index contributed by atoms with van der Waals surface area (Å²) in [5.41, 5.74) is 5.72. The van der Waals surface area contributed by atoms with E-state index in [9.17, 15) is 8.42 Å². The number of aromatic nitrogens is 4. The molecular weight excluding hydrogens is 916 g/mol. The van der Waals surface area contributed by atoms with Crippen LogP contribution >= 0.6 is 22.9 Å². The number of nitrogens with one attached hydrogen (secondary N) is 1. The molecule has 0 saturated carbocycles. The monoisotopic (exact) mass is 986 g/mol. The molecule has 10 nitrogen and oxygen atoms in total. The Morgan fingerprint density at radius 1 is 0.700 bits per heavy atom. The molecule has 2 aromatic rings. The third-order valence-corrected chi connectivity index (χ3v) is 39.3. The predicted molar refractivity (Wildman–Crippen MR) is 219 cm³/mol. The largest absolute Gasteiger partial charge is 1.00 e. The summed E-state index contributed by atoms with van der Waals surface area (Å²) >= 11 is -3.80. The fraction of sp³-hybridized carbons (Fsp3) is 0.765. The fourth-order valence-electron chi connectivity index (χ4n) is 5.97. The molecule has 0 aliphatic rings. The van der Waals surface area contributed by atoms with Crippen LogP contribution in [0.1, 0.15) is 120 Å². The SMILES string of the molecule is CCC[CH2][Sn]([CH2]CCC)([CH2]CCC)[c]1cnc(N)cn1.CCC[CH2][Sn]([CH2]CCC)([CH2]CCC)[c]1cnc(NSOOC)cn1.CS(=O)(=O)Cl.[H-].[Na+]. The van der Waals surface area contributed by atoms with Crippen LogP contribution in [0.5, 0.6) is 0 Å². The van der Waals surface area contributed by atoms with Gasteiger partial charge in [0.05, 0.1) is 6.26 Å². The Morgan fingerprint density at radius 2 is 1.04 bits per heavy atom. The second-order valence-electron chi connectivity index (χ2n) is 12.9. The van der Waals surface area contributed by atoms with Crippen molar-refractivity contribution in [2.45, 2.75) is 145 Å². The van der Waals surface area contributed by atoms with E-state index in [2.05, 4.69) is 71.8 Å². The number of hydrogen-bond donors (Lipinski definition) is 2. The summed E-state index contributed by atoms with van der Waals surface area (Å²) in [6.07, 6.45) is 24.3. The van der Waals surface area contributed by atoms with E-state index in [0.717, 1.165) is 18.5 Å². The van der Waals surface area contributed by atoms with Crippen LogP contribution in [0.4, 0.5) is 11.6 Å². The molecule has 0 fully saturated rings. The van der Waals surface area contributed by atoms with Crippen LogP contribution in [0.15, 0.2) is 24.8 Å². The zero-order valence-electron chi connectivity index (χ0n) is 33.7. The molecule has 0 amide bonds. The molecule has 3 N–H and O–H groups in total. The molecule has 2 aromatic heterocycles. The van der Waals surface area contributed by atoms with Crippen molar-refractivity contribution in [2.24, 2.45) is 0 Å². The van der Waals surface area contributed by atoms with Crippen LogP contribution in [0.2, 0.25) is 26.6 Å². The Kier molecular flexibility index (Phi) is 34.1. The number of anilines is 2. The van der Waals surface area contributed by atoms with Gasteiger partial charge in [-0.1, -0.05) is 0 Å². The van der Waals surface area contributed by atoms with E-state index in [4.69, 9.17) is 20.0 Å². The van der Waals surface area contributed by atoms with Crippen molar-refractivity contribution in [3.05, 3.63) is 24.8 Å². The number of unbranched alkanes of at least 4 members (excludes halogenated alkanes) is 6. The third kappa shape index (κ3) is 24.3. The van der Waals surface area contributed by atoms with Gasteiger partial charge in [-0.2, -0.15) is 0 Å². The van der Waals surface area contributed by atoms with Gasteiger partial charge in [0.15, 0.2) is 0 Å². The number of nitrogen functional groups attached to an aromatic ring is 1. The van der Waals surface area contributed by atoms with Gasteiger partial charge >= 0.3 is 314 Å². The number of rotatable bonds is 24. The van der Waals surface area contributed by atoms with E-state index < -0.39 is 45.8 Å². The smallest absolute Gasteiger partial charge is 1.00 e. The Labute approximate surface area is 346 Å². The summed E-state index contributed by atoms with van der Waals surface area (Å²) in [6, 6.07) is 0. The van der Waals surface area contributed by atoms with E-state index in [1.807, 2.05) is 18.6 Å². The first kappa shape index (κ1) is 53.0. The Hall–Kier alpha value is 0.867. The first-order chi connectivity index (χ1) is 23.4. The molecule has 0 bridgehead atoms. The van der Waals surface area contributed by atoms with Crippen molar-refractivity contribution in [2.75, 3.05) is 23.8 Å². The van der Waals surface area contributed by atoms with Gasteiger partial charge in [-0.05, 0) is 0 Å². The van der Waals surface area contributed by atoms with Gasteiger partial charge in [-0.25, -0.2) is 8.42 Å². The molecule has 16 heteroatoms. The third-order valence-electron chi connectivity index (χ3n) is 8.71. The van der Waals surface area contributed by atoms with E-state index in [0.29, 0.717) is 11.6 Å². The van der Waals surface area contributed by atoms with Gasteiger partial charge in [0.1, 0.15) is 0 Å². The van der Waals surface area contributed by atoms with Crippen molar-refractivity contribution < 1.29 is 48.6 Å². The summed E-state index contributed by atoms with van der Waals surface area (Å²) < 4.78 is 37.8. The van der Waals surface area contributed by atoms with E-state index in [1.54, 1.807) is 6.20 Å². The molecule has 0 unspecified atom stereocenters. The summed E-state index contributed by atoms with van der Waals surface area (Å²) in [5, 5.41) is 0. The second-order valence-corrected chi connectivity index (χ2v) is 42.6. The molecule has 0 aliphatic heterocycles. The van der Waals surface area contributed by atoms with Gasteiger partial charge in [0.25, 0.3) is 0 Å². The maximum atomic E-state index is 9.40. The summed E-state index contributed by atoms with van der Waals surface area (Å²) in [7, 11) is 2.78. The summed E-state index contributed by atoms with van der Waals surface area (Å²) in [4.78, 5) is 23.0. The molecule has 2 heterocycles. The minimum Gasteiger partial charge on any atom is -1.00 e. The van der Waals surface area contributed by atoms with E-state index in [-0.39, 0.29) is 31.0 Å². The molecule has 50 heavy (non-hydrogen) atoms. The van der Waals surface area contributed by atoms with Crippen LogP contribution in [-0.2, 0) is 18.3 Å². The quantitative estimate of drug-likeness (QED) is 0.0227. The van der Waals surface area contributed by atoms with Crippen LogP contribution < -0.4 is 47.4 Å². The van der Waals surface area contributed by atoms with Gasteiger partial charge in [0.2, 0.25) is 9.05 Å². The van der Waals surface area contributed by atoms with Crippen molar-refractivity contribution in [1.29, 1.82) is 0 Å². The summed E-state index contributed by atoms with van der Waals surface area (Å²) in [5.74, 6) is 1.26. The molecule has 2 rings (SSSR count). The van der Waals surface area contributed by atoms with E-state index >= 15 is 0 Å². The standard InChI is InChI=1S/C5H6N3O2S.C4H4N3.6C4H9.CH3ClO2S.Na.2Sn.H/c1-9-10-11-8-5-4-6-2-3-7-5;5-4-3-6-1-2-7-4;6*1-3-4-2;1-5(2,3)4;;;;/h3-4H,1H3,(H,7,8);2-3H,(H2,5,7);6*1,3-4H2,2H3;1H3;;;;/q;;;;;;;;;+1;;;-1. The van der Waals surface area contributed by atoms with Gasteiger partial charge in [0, 0.05) is 10.7 Å². The second kappa shape index (κ2) is 32.1. The van der Waals surface area contributed by atoms with Gasteiger partial charge in [-0.15, -0.1) is 0 Å². The van der Waals surface area contributed by atoms with Gasteiger partial charge in [-0.3, -0.25) is 0 Å². The molecule has 286 valence electrons. The van der Waals surface area contributed by atoms with E-state index in [1.165, 1.54) is 118 Å². The molecular formula is C34H68ClN6NaO4S2Sn2. The normalized spacial score (nSPS) is 11.5. The zero-order chi connectivity index (χ0) is 37.0. The average Bonchev–Trinajstić information content (AvgIpc) is 3.08. The number of nitrogens with two attached hydrogens (primary N) is 1. The minimum atomic E-state index is -3.19. The Morgan fingerprint density at radius 3 is 1.30 bits per heavy atom. The van der Waals surface area contributed by atoms with Crippen LogP contribution in [-0.4, -0.2) is 78.5 Å². The van der Waals surface area contributed by atoms with Crippen LogP contribution in [0.3, 0.4) is 0 Å². The zero-order valence-corrected chi connectivity index (χ0v) is 42.8. The molecule has 0 aromatic carbocycles. The maximum Gasteiger partial charge on any atom is 1.00 e. The van der Waals surface area contributed by atoms with Crippen LogP contribution in [0.25, 0.3) is 0 Å². The first-order valence-corrected chi connectivity index (χ1v) is 36.7. The minimum absolute atomic E-state index is 0. The Balaban J connectivity index is -0.000000778. The van der Waals surface area contributed by atoms with Crippen LogP contribution in [0, 0.1) is 0 Å². The molecule has 0 aliphatic carbocycles. The molecule has 0 saturated heterocycles. The Bertz CT molecular complexity index is 1150.